The Morgan fingerprint density at radius 1 is 1.18 bits per heavy atom. The maximum atomic E-state index is 5.90. The monoisotopic (exact) mass is 225 g/mol. The van der Waals surface area contributed by atoms with Gasteiger partial charge < -0.3 is 10.2 Å². The van der Waals surface area contributed by atoms with Crippen LogP contribution >= 0.6 is 0 Å². The van der Waals surface area contributed by atoms with E-state index in [9.17, 15) is 0 Å². The van der Waals surface area contributed by atoms with Gasteiger partial charge in [-0.15, -0.1) is 0 Å². The fourth-order valence-corrected chi connectivity index (χ4v) is 1.82. The number of hydrogen-bond acceptors (Lipinski definition) is 4. The van der Waals surface area contributed by atoms with Gasteiger partial charge in [-0.2, -0.15) is 0 Å². The molecule has 4 heteroatoms. The van der Waals surface area contributed by atoms with Gasteiger partial charge >= 0.3 is 0 Å². The van der Waals surface area contributed by atoms with Crippen LogP contribution in [0.3, 0.4) is 0 Å². The molecule has 17 heavy (non-hydrogen) atoms. The number of oxazole rings is 1. The van der Waals surface area contributed by atoms with Crippen LogP contribution < -0.4 is 5.73 Å². The summed E-state index contributed by atoms with van der Waals surface area (Å²) in [7, 11) is 0. The lowest BCUT2D eigenvalue weighted by Gasteiger charge is -1.95. The summed E-state index contributed by atoms with van der Waals surface area (Å²) in [4.78, 5) is 8.39. The average Bonchev–Trinajstić information content (AvgIpc) is 2.74. The lowest BCUT2D eigenvalue weighted by molar-refractivity contribution is 0.621. The first-order valence-corrected chi connectivity index (χ1v) is 5.31. The fourth-order valence-electron chi connectivity index (χ4n) is 1.82. The quantitative estimate of drug-likeness (QED) is 0.647. The zero-order chi connectivity index (χ0) is 11.8. The summed E-state index contributed by atoms with van der Waals surface area (Å²) in [5.41, 5.74) is 9.92. The molecule has 1 aromatic carbocycles. The summed E-state index contributed by atoms with van der Waals surface area (Å²) in [5.74, 6) is 0.569. The number of anilines is 1. The molecule has 0 fully saturated rings. The van der Waals surface area contributed by atoms with Crippen LogP contribution in [-0.4, -0.2) is 9.97 Å². The largest absolute Gasteiger partial charge is 0.434 e. The second-order valence-electron chi connectivity index (χ2n) is 3.96. The van der Waals surface area contributed by atoms with Crippen LogP contribution in [0, 0.1) is 6.92 Å². The van der Waals surface area contributed by atoms with Crippen molar-refractivity contribution in [3.8, 4) is 11.5 Å². The van der Waals surface area contributed by atoms with Crippen molar-refractivity contribution in [3.63, 3.8) is 0 Å². The van der Waals surface area contributed by atoms with Crippen molar-refractivity contribution >= 4 is 16.8 Å². The van der Waals surface area contributed by atoms with Crippen molar-refractivity contribution in [2.24, 2.45) is 0 Å². The van der Waals surface area contributed by atoms with Gasteiger partial charge in [0.25, 0.3) is 0 Å². The van der Waals surface area contributed by atoms with Crippen molar-refractivity contribution < 1.29 is 4.42 Å². The maximum absolute atomic E-state index is 5.90. The number of aromatic nitrogens is 2. The number of hydrogen-bond donors (Lipinski definition) is 1. The summed E-state index contributed by atoms with van der Waals surface area (Å²) in [6, 6.07) is 7.55. The predicted octanol–water partition coefficient (Wildman–Crippen LogP) is 2.78. The van der Waals surface area contributed by atoms with Gasteiger partial charge in [0.05, 0.1) is 5.69 Å². The second kappa shape index (κ2) is 3.59. The summed E-state index contributed by atoms with van der Waals surface area (Å²) in [5, 5.41) is 0. The van der Waals surface area contributed by atoms with Gasteiger partial charge in [0.1, 0.15) is 5.52 Å². The molecule has 0 aliphatic heterocycles. The van der Waals surface area contributed by atoms with Gasteiger partial charge in [-0.25, -0.2) is 4.98 Å². The van der Waals surface area contributed by atoms with E-state index in [-0.39, 0.29) is 0 Å². The molecule has 0 saturated heterocycles. The highest BCUT2D eigenvalue weighted by Gasteiger charge is 2.10. The molecule has 0 saturated carbocycles. The minimum atomic E-state index is 0.569. The first-order chi connectivity index (χ1) is 8.24. The molecule has 2 N–H and O–H groups in total. The molecular weight excluding hydrogens is 214 g/mol. The Kier molecular flexibility index (Phi) is 2.08. The number of rotatable bonds is 1. The van der Waals surface area contributed by atoms with Crippen molar-refractivity contribution in [3.05, 3.63) is 42.2 Å². The van der Waals surface area contributed by atoms with E-state index in [0.717, 1.165) is 16.6 Å². The number of aryl methyl sites for hydroxylation is 1. The van der Waals surface area contributed by atoms with Gasteiger partial charge in [0.15, 0.2) is 5.58 Å². The standard InChI is InChI=1S/C13H11N3O/c1-8-6-10(14)12-11(7-8)16-13(17-12)9-2-4-15-5-3-9/h2-7H,14H2,1H3. The Balaban J connectivity index is 2.24. The van der Waals surface area contributed by atoms with E-state index in [0.29, 0.717) is 17.2 Å². The fraction of sp³-hybridized carbons (Fsp3) is 0.0769. The zero-order valence-electron chi connectivity index (χ0n) is 9.34. The Morgan fingerprint density at radius 3 is 2.71 bits per heavy atom. The lowest BCUT2D eigenvalue weighted by atomic mass is 10.2. The Labute approximate surface area is 98.1 Å². The SMILES string of the molecule is Cc1cc(N)c2oc(-c3ccncc3)nc2c1. The van der Waals surface area contributed by atoms with Crippen LogP contribution in [-0.2, 0) is 0 Å². The number of fused-ring (bicyclic) bond motifs is 1. The first-order valence-electron chi connectivity index (χ1n) is 5.31. The zero-order valence-corrected chi connectivity index (χ0v) is 9.34. The van der Waals surface area contributed by atoms with E-state index in [2.05, 4.69) is 9.97 Å². The van der Waals surface area contributed by atoms with Crippen LogP contribution in [0.25, 0.3) is 22.6 Å². The first kappa shape index (κ1) is 9.84. The van der Waals surface area contributed by atoms with Gasteiger partial charge in [-0.3, -0.25) is 4.98 Å². The lowest BCUT2D eigenvalue weighted by Crippen LogP contribution is -1.86. The normalized spacial score (nSPS) is 10.9. The Hall–Kier alpha value is -2.36. The molecule has 3 rings (SSSR count). The molecule has 0 spiro atoms. The minimum Gasteiger partial charge on any atom is -0.434 e. The molecule has 0 aliphatic rings. The predicted molar refractivity (Wildman–Crippen MR) is 66.4 cm³/mol. The van der Waals surface area contributed by atoms with Crippen LogP contribution in [0.2, 0.25) is 0 Å². The van der Waals surface area contributed by atoms with Crippen LogP contribution in [0.5, 0.6) is 0 Å². The summed E-state index contributed by atoms with van der Waals surface area (Å²) < 4.78 is 5.68. The molecule has 4 nitrogen and oxygen atoms in total. The number of pyridine rings is 1. The number of nitrogens with two attached hydrogens (primary N) is 1. The molecule has 3 aromatic rings. The molecule has 84 valence electrons. The highest BCUT2D eigenvalue weighted by atomic mass is 16.3. The van der Waals surface area contributed by atoms with Crippen LogP contribution in [0.15, 0.2) is 41.1 Å². The van der Waals surface area contributed by atoms with E-state index < -0.39 is 0 Å². The number of nitrogen functional groups attached to an aromatic ring is 1. The third kappa shape index (κ3) is 1.63. The van der Waals surface area contributed by atoms with Gasteiger partial charge in [-0.05, 0) is 36.8 Å². The van der Waals surface area contributed by atoms with E-state index in [1.807, 2.05) is 31.2 Å². The Bertz CT molecular complexity index is 674. The average molecular weight is 225 g/mol. The molecule has 2 aromatic heterocycles. The topological polar surface area (TPSA) is 64.9 Å². The van der Waals surface area contributed by atoms with Gasteiger partial charge in [-0.1, -0.05) is 0 Å². The van der Waals surface area contributed by atoms with Crippen LogP contribution in [0.4, 0.5) is 5.69 Å². The molecule has 0 atom stereocenters. The van der Waals surface area contributed by atoms with Crippen LogP contribution in [0.1, 0.15) is 5.56 Å². The molecule has 0 unspecified atom stereocenters. The number of benzene rings is 1. The molecular formula is C13H11N3O. The molecule has 0 radical (unpaired) electrons. The number of nitrogens with zero attached hydrogens (tertiary/aromatic N) is 2. The second-order valence-corrected chi connectivity index (χ2v) is 3.96. The Morgan fingerprint density at radius 2 is 1.94 bits per heavy atom. The summed E-state index contributed by atoms with van der Waals surface area (Å²) in [6.07, 6.45) is 3.41. The molecule has 2 heterocycles. The smallest absolute Gasteiger partial charge is 0.227 e. The van der Waals surface area contributed by atoms with E-state index in [1.165, 1.54) is 0 Å². The molecule has 0 amide bonds. The van der Waals surface area contributed by atoms with E-state index in [4.69, 9.17) is 10.2 Å². The third-order valence-corrected chi connectivity index (χ3v) is 2.59. The summed E-state index contributed by atoms with van der Waals surface area (Å²) in [6.45, 7) is 1.98. The van der Waals surface area contributed by atoms with E-state index >= 15 is 0 Å². The van der Waals surface area contributed by atoms with Crippen molar-refractivity contribution in [1.82, 2.24) is 9.97 Å². The van der Waals surface area contributed by atoms with Crippen molar-refractivity contribution in [2.75, 3.05) is 5.73 Å². The van der Waals surface area contributed by atoms with Crippen molar-refractivity contribution in [2.45, 2.75) is 6.92 Å². The van der Waals surface area contributed by atoms with Crippen molar-refractivity contribution in [1.29, 1.82) is 0 Å². The highest BCUT2D eigenvalue weighted by Crippen LogP contribution is 2.28. The minimum absolute atomic E-state index is 0.569. The van der Waals surface area contributed by atoms with Gasteiger partial charge in [0.2, 0.25) is 5.89 Å². The van der Waals surface area contributed by atoms with E-state index in [1.54, 1.807) is 12.4 Å². The third-order valence-electron chi connectivity index (χ3n) is 2.59. The highest BCUT2D eigenvalue weighted by molar-refractivity contribution is 5.87. The molecule has 0 bridgehead atoms. The summed E-state index contributed by atoms with van der Waals surface area (Å²) >= 11 is 0. The van der Waals surface area contributed by atoms with Gasteiger partial charge in [0, 0.05) is 18.0 Å². The molecule has 0 aliphatic carbocycles. The maximum Gasteiger partial charge on any atom is 0.227 e.